The molecule has 0 aromatic heterocycles. The maximum absolute atomic E-state index is 9.68. The largest absolute Gasteiger partial charge is 0.394 e. The lowest BCUT2D eigenvalue weighted by molar-refractivity contribution is -0.301. The summed E-state index contributed by atoms with van der Waals surface area (Å²) >= 11 is 0. The minimum atomic E-state index is -1.41. The molecule has 19 heavy (non-hydrogen) atoms. The van der Waals surface area contributed by atoms with Crippen molar-refractivity contribution in [2.75, 3.05) is 13.2 Å². The van der Waals surface area contributed by atoms with E-state index in [1.807, 2.05) is 0 Å². The first kappa shape index (κ1) is 16.8. The van der Waals surface area contributed by atoms with Gasteiger partial charge in [0, 0.05) is 6.61 Å². The third-order valence-electron chi connectivity index (χ3n) is 3.15. The number of hydrogen-bond donors (Lipinski definition) is 5. The Labute approximate surface area is 112 Å². The predicted octanol–water partition coefficient (Wildman–Crippen LogP) is -1.65. The first-order valence-electron chi connectivity index (χ1n) is 6.57. The quantitative estimate of drug-likeness (QED) is 0.355. The van der Waals surface area contributed by atoms with Crippen LogP contribution in [0, 0.1) is 0 Å². The lowest BCUT2D eigenvalue weighted by Crippen LogP contribution is -2.59. The Hall–Kier alpha value is -0.280. The lowest BCUT2D eigenvalue weighted by atomic mass is 9.99. The molecule has 0 aliphatic carbocycles. The van der Waals surface area contributed by atoms with Gasteiger partial charge in [0.15, 0.2) is 6.29 Å². The summed E-state index contributed by atoms with van der Waals surface area (Å²) in [5.74, 6) is 0. The van der Waals surface area contributed by atoms with Crippen molar-refractivity contribution in [2.45, 2.75) is 63.0 Å². The molecular formula is C12H24O7. The second kappa shape index (κ2) is 8.11. The van der Waals surface area contributed by atoms with Crippen molar-refractivity contribution < 1.29 is 35.0 Å². The molecule has 1 rings (SSSR count). The third kappa shape index (κ3) is 4.96. The molecule has 1 saturated heterocycles. The van der Waals surface area contributed by atoms with Crippen LogP contribution in [0.3, 0.4) is 0 Å². The van der Waals surface area contributed by atoms with Crippen LogP contribution < -0.4 is 0 Å². The van der Waals surface area contributed by atoms with Crippen LogP contribution in [0.2, 0.25) is 0 Å². The zero-order valence-corrected chi connectivity index (χ0v) is 11.1. The fourth-order valence-electron chi connectivity index (χ4n) is 1.95. The minimum absolute atomic E-state index is 0.301. The lowest BCUT2D eigenvalue weighted by Gasteiger charge is -2.39. The number of unbranched alkanes of at least 4 members (excludes halogenated alkanes) is 1. The van der Waals surface area contributed by atoms with Crippen molar-refractivity contribution in [1.29, 1.82) is 0 Å². The second-order valence-electron chi connectivity index (χ2n) is 4.91. The molecule has 1 aliphatic heterocycles. The molecule has 0 aromatic carbocycles. The van der Waals surface area contributed by atoms with Gasteiger partial charge in [0.1, 0.15) is 24.4 Å². The van der Waals surface area contributed by atoms with Crippen LogP contribution in [0.15, 0.2) is 0 Å². The third-order valence-corrected chi connectivity index (χ3v) is 3.15. The highest BCUT2D eigenvalue weighted by molar-refractivity contribution is 4.88. The molecule has 114 valence electrons. The Morgan fingerprint density at radius 1 is 1.11 bits per heavy atom. The zero-order valence-electron chi connectivity index (χ0n) is 11.1. The van der Waals surface area contributed by atoms with Crippen LogP contribution in [-0.2, 0) is 9.47 Å². The smallest absolute Gasteiger partial charge is 0.186 e. The van der Waals surface area contributed by atoms with Crippen LogP contribution in [-0.4, -0.2) is 75.6 Å². The Balaban J connectivity index is 2.32. The van der Waals surface area contributed by atoms with Crippen molar-refractivity contribution in [3.8, 4) is 0 Å². The van der Waals surface area contributed by atoms with Gasteiger partial charge in [0.25, 0.3) is 0 Å². The molecule has 0 bridgehead atoms. The van der Waals surface area contributed by atoms with Gasteiger partial charge in [-0.2, -0.15) is 0 Å². The minimum Gasteiger partial charge on any atom is -0.394 e. The molecule has 5 N–H and O–H groups in total. The van der Waals surface area contributed by atoms with Crippen LogP contribution in [0.5, 0.6) is 0 Å². The van der Waals surface area contributed by atoms with Crippen LogP contribution in [0.4, 0.5) is 0 Å². The van der Waals surface area contributed by atoms with E-state index < -0.39 is 37.3 Å². The van der Waals surface area contributed by atoms with Gasteiger partial charge >= 0.3 is 0 Å². The van der Waals surface area contributed by atoms with E-state index in [1.165, 1.54) is 0 Å². The van der Waals surface area contributed by atoms with E-state index in [4.69, 9.17) is 19.7 Å². The molecule has 1 fully saturated rings. The van der Waals surface area contributed by atoms with Crippen molar-refractivity contribution >= 4 is 0 Å². The van der Waals surface area contributed by atoms with E-state index >= 15 is 0 Å². The normalized spacial score (nSPS) is 37.3. The van der Waals surface area contributed by atoms with Crippen molar-refractivity contribution in [1.82, 2.24) is 0 Å². The fourth-order valence-corrected chi connectivity index (χ4v) is 1.95. The summed E-state index contributed by atoms with van der Waals surface area (Å²) in [6.07, 6.45) is -4.37. The van der Waals surface area contributed by atoms with Crippen molar-refractivity contribution in [3.63, 3.8) is 0 Å². The number of rotatable bonds is 7. The fraction of sp³-hybridized carbons (Fsp3) is 1.00. The van der Waals surface area contributed by atoms with E-state index in [2.05, 4.69) is 0 Å². The Bertz CT molecular complexity index is 246. The SMILES string of the molecule is CC(O)CCCCO[C@@H]1O[C@H](CO)[C@@H](O)[C@H](O)[C@H]1O. The predicted molar refractivity (Wildman–Crippen MR) is 65.3 cm³/mol. The molecule has 0 aromatic rings. The molecule has 0 saturated carbocycles. The summed E-state index contributed by atoms with van der Waals surface area (Å²) in [6, 6.07) is 0. The van der Waals surface area contributed by atoms with E-state index in [1.54, 1.807) is 6.92 Å². The highest BCUT2D eigenvalue weighted by atomic mass is 16.7. The van der Waals surface area contributed by atoms with Gasteiger partial charge in [-0.05, 0) is 26.2 Å². The van der Waals surface area contributed by atoms with Gasteiger partial charge in [0.05, 0.1) is 12.7 Å². The highest BCUT2D eigenvalue weighted by Crippen LogP contribution is 2.22. The van der Waals surface area contributed by atoms with E-state index in [9.17, 15) is 15.3 Å². The summed E-state index contributed by atoms with van der Waals surface area (Å²) in [7, 11) is 0. The second-order valence-corrected chi connectivity index (χ2v) is 4.91. The van der Waals surface area contributed by atoms with Gasteiger partial charge in [-0.15, -0.1) is 0 Å². The van der Waals surface area contributed by atoms with Crippen molar-refractivity contribution in [2.24, 2.45) is 0 Å². The van der Waals surface area contributed by atoms with Crippen LogP contribution in [0.25, 0.3) is 0 Å². The number of ether oxygens (including phenoxy) is 2. The molecule has 7 nitrogen and oxygen atoms in total. The molecule has 1 heterocycles. The summed E-state index contributed by atoms with van der Waals surface area (Å²) in [5.41, 5.74) is 0. The molecule has 1 unspecified atom stereocenters. The Morgan fingerprint density at radius 2 is 1.79 bits per heavy atom. The first-order chi connectivity index (χ1) is 8.97. The Kier molecular flexibility index (Phi) is 7.16. The van der Waals surface area contributed by atoms with E-state index in [-0.39, 0.29) is 6.10 Å². The van der Waals surface area contributed by atoms with Gasteiger partial charge in [-0.3, -0.25) is 0 Å². The first-order valence-corrected chi connectivity index (χ1v) is 6.57. The summed E-state index contributed by atoms with van der Waals surface area (Å²) in [6.45, 7) is 1.54. The highest BCUT2D eigenvalue weighted by Gasteiger charge is 2.43. The average Bonchev–Trinajstić information content (AvgIpc) is 2.37. The molecule has 6 atom stereocenters. The van der Waals surface area contributed by atoms with E-state index in [0.717, 1.165) is 6.42 Å². The van der Waals surface area contributed by atoms with Gasteiger partial charge in [0.2, 0.25) is 0 Å². The standard InChI is InChI=1S/C12H24O7/c1-7(14)4-2-3-5-18-12-11(17)10(16)9(15)8(6-13)19-12/h7-17H,2-6H2,1H3/t7?,8-,9-,10+,11-,12-/m1/s1. The molecule has 0 spiro atoms. The number of aliphatic hydroxyl groups is 5. The summed E-state index contributed by atoms with van der Waals surface area (Å²) < 4.78 is 10.5. The summed E-state index contributed by atoms with van der Waals surface area (Å²) in [5, 5.41) is 46.9. The van der Waals surface area contributed by atoms with Crippen molar-refractivity contribution in [3.05, 3.63) is 0 Å². The van der Waals surface area contributed by atoms with E-state index in [0.29, 0.717) is 19.4 Å². The molecule has 7 heteroatoms. The van der Waals surface area contributed by atoms with Crippen LogP contribution in [0.1, 0.15) is 26.2 Å². The van der Waals surface area contributed by atoms with Gasteiger partial charge < -0.3 is 35.0 Å². The maximum Gasteiger partial charge on any atom is 0.186 e. The van der Waals surface area contributed by atoms with Gasteiger partial charge in [-0.1, -0.05) is 0 Å². The molecule has 0 radical (unpaired) electrons. The van der Waals surface area contributed by atoms with Gasteiger partial charge in [-0.25, -0.2) is 0 Å². The van der Waals surface area contributed by atoms with Crippen LogP contribution >= 0.6 is 0 Å². The topological polar surface area (TPSA) is 120 Å². The molecular weight excluding hydrogens is 256 g/mol. The molecule has 0 amide bonds. The maximum atomic E-state index is 9.68. The number of aliphatic hydroxyl groups excluding tert-OH is 5. The Morgan fingerprint density at radius 3 is 2.37 bits per heavy atom. The monoisotopic (exact) mass is 280 g/mol. The summed E-state index contributed by atoms with van der Waals surface area (Å²) in [4.78, 5) is 0. The molecule has 1 aliphatic rings. The zero-order chi connectivity index (χ0) is 14.4. The average molecular weight is 280 g/mol. The number of hydrogen-bond acceptors (Lipinski definition) is 7.